The predicted octanol–water partition coefficient (Wildman–Crippen LogP) is -1.45. The molecule has 1 rings (SSSR count). The summed E-state index contributed by atoms with van der Waals surface area (Å²) in [4.78, 5) is 0.227. The molecule has 0 aromatic heterocycles. The van der Waals surface area contributed by atoms with Gasteiger partial charge in [-0.15, -0.1) is 0 Å². The lowest BCUT2D eigenvalue weighted by molar-refractivity contribution is 0.540. The summed E-state index contributed by atoms with van der Waals surface area (Å²) >= 11 is 4.61. The van der Waals surface area contributed by atoms with Gasteiger partial charge in [0.25, 0.3) is 0 Å². The Hall–Kier alpha value is -0.970. The smallest absolute Gasteiger partial charge is 0.128 e. The number of hydrogen-bond acceptors (Lipinski definition) is 4. The zero-order valence-electron chi connectivity index (χ0n) is 4.77. The Labute approximate surface area is 58.3 Å². The first-order valence-electron chi connectivity index (χ1n) is 2.49. The maximum Gasteiger partial charge on any atom is 0.128 e. The topological polar surface area (TPSA) is 76.1 Å². The minimum atomic E-state index is 0.227. The molecule has 1 fully saturated rings. The Morgan fingerprint density at radius 3 is 2.11 bits per heavy atom. The molecule has 50 valence electrons. The van der Waals surface area contributed by atoms with Gasteiger partial charge in [0.2, 0.25) is 0 Å². The van der Waals surface area contributed by atoms with Crippen molar-refractivity contribution in [3.05, 3.63) is 11.5 Å². The van der Waals surface area contributed by atoms with Crippen molar-refractivity contribution in [1.29, 1.82) is 0 Å². The molecule has 1 saturated heterocycles. The predicted molar refractivity (Wildman–Crippen MR) is 39.1 cm³/mol. The van der Waals surface area contributed by atoms with Crippen molar-refractivity contribution in [2.75, 3.05) is 6.67 Å². The average molecular weight is 144 g/mol. The Balaban J connectivity index is 2.67. The lowest BCUT2D eigenvalue weighted by Crippen LogP contribution is -2.48. The van der Waals surface area contributed by atoms with Crippen molar-refractivity contribution in [3.63, 3.8) is 0 Å². The van der Waals surface area contributed by atoms with Gasteiger partial charge < -0.3 is 22.1 Å². The second kappa shape index (κ2) is 2.10. The fourth-order valence-electron chi connectivity index (χ4n) is 0.490. The van der Waals surface area contributed by atoms with Crippen LogP contribution in [0.15, 0.2) is 11.5 Å². The van der Waals surface area contributed by atoms with Crippen molar-refractivity contribution in [1.82, 2.24) is 10.6 Å². The summed E-state index contributed by atoms with van der Waals surface area (Å²) in [6.45, 7) is 0.735. The van der Waals surface area contributed by atoms with Gasteiger partial charge in [-0.05, 0) is 0 Å². The van der Waals surface area contributed by atoms with Crippen LogP contribution >= 0.6 is 12.2 Å². The van der Waals surface area contributed by atoms with Gasteiger partial charge in [-0.3, -0.25) is 0 Å². The number of hydrogen-bond donors (Lipinski definition) is 4. The summed E-state index contributed by atoms with van der Waals surface area (Å²) < 4.78 is 0. The Morgan fingerprint density at radius 2 is 2.00 bits per heavy atom. The van der Waals surface area contributed by atoms with Crippen LogP contribution in [0.2, 0.25) is 0 Å². The second-order valence-electron chi connectivity index (χ2n) is 1.68. The van der Waals surface area contributed by atoms with Gasteiger partial charge in [-0.1, -0.05) is 12.2 Å². The van der Waals surface area contributed by atoms with Gasteiger partial charge in [0.1, 0.15) is 16.5 Å². The van der Waals surface area contributed by atoms with Crippen LogP contribution in [0, 0.1) is 0 Å². The monoisotopic (exact) mass is 144 g/mol. The summed E-state index contributed by atoms with van der Waals surface area (Å²) in [6.07, 6.45) is 0. The van der Waals surface area contributed by atoms with Crippen LogP contribution in [0.25, 0.3) is 0 Å². The van der Waals surface area contributed by atoms with E-state index in [0.717, 1.165) is 12.5 Å². The third kappa shape index (κ3) is 1.05. The second-order valence-corrected chi connectivity index (χ2v) is 2.12. The van der Waals surface area contributed by atoms with Crippen LogP contribution in [0.4, 0.5) is 0 Å². The van der Waals surface area contributed by atoms with E-state index in [1.807, 2.05) is 0 Å². The molecule has 0 spiro atoms. The summed E-state index contributed by atoms with van der Waals surface area (Å²) in [5.41, 5.74) is 11.1. The molecule has 0 unspecified atom stereocenters. The molecule has 1 aliphatic heterocycles. The first-order valence-corrected chi connectivity index (χ1v) is 2.90. The zero-order valence-corrected chi connectivity index (χ0v) is 5.59. The van der Waals surface area contributed by atoms with Crippen LogP contribution in [-0.2, 0) is 0 Å². The van der Waals surface area contributed by atoms with Crippen molar-refractivity contribution in [2.45, 2.75) is 0 Å². The molecule has 0 amide bonds. The highest BCUT2D eigenvalue weighted by molar-refractivity contribution is 7.80. The molecule has 0 atom stereocenters. The van der Waals surface area contributed by atoms with Gasteiger partial charge >= 0.3 is 0 Å². The summed E-state index contributed by atoms with van der Waals surface area (Å²) in [6, 6.07) is 0. The van der Waals surface area contributed by atoms with E-state index in [0.29, 0.717) is 5.70 Å². The Kier molecular flexibility index (Phi) is 1.44. The van der Waals surface area contributed by atoms with Crippen molar-refractivity contribution in [3.8, 4) is 0 Å². The number of rotatable bonds is 1. The lowest BCUT2D eigenvalue weighted by Gasteiger charge is -2.24. The third-order valence-electron chi connectivity index (χ3n) is 1.07. The molecule has 0 aliphatic carbocycles. The van der Waals surface area contributed by atoms with Crippen LogP contribution in [0.3, 0.4) is 0 Å². The van der Waals surface area contributed by atoms with Crippen molar-refractivity contribution < 1.29 is 0 Å². The Bertz CT molecular complexity index is 167. The van der Waals surface area contributed by atoms with Gasteiger partial charge in [0.15, 0.2) is 0 Å². The van der Waals surface area contributed by atoms with E-state index in [-0.39, 0.29) is 4.99 Å². The molecule has 5 heteroatoms. The van der Waals surface area contributed by atoms with Crippen molar-refractivity contribution in [2.24, 2.45) is 11.5 Å². The normalized spacial score (nSPS) is 14.9. The molecule has 9 heavy (non-hydrogen) atoms. The molecule has 1 aliphatic rings. The van der Waals surface area contributed by atoms with Crippen LogP contribution in [-0.4, -0.2) is 11.7 Å². The van der Waals surface area contributed by atoms with Crippen molar-refractivity contribution >= 4 is 17.2 Å². The minimum Gasteiger partial charge on any atom is -0.393 e. The van der Waals surface area contributed by atoms with E-state index in [1.54, 1.807) is 0 Å². The molecule has 0 aromatic rings. The highest BCUT2D eigenvalue weighted by atomic mass is 32.1. The molecule has 0 saturated carbocycles. The molecule has 0 aromatic carbocycles. The van der Waals surface area contributed by atoms with E-state index in [4.69, 9.17) is 11.5 Å². The zero-order chi connectivity index (χ0) is 6.85. The fraction of sp³-hybridized carbons (Fsp3) is 0.250. The maximum atomic E-state index is 5.41. The van der Waals surface area contributed by atoms with Gasteiger partial charge in [-0.25, -0.2) is 0 Å². The summed E-state index contributed by atoms with van der Waals surface area (Å²) in [5, 5.41) is 5.81. The number of nitrogens with two attached hydrogens (primary N) is 2. The van der Waals surface area contributed by atoms with E-state index < -0.39 is 0 Å². The van der Waals surface area contributed by atoms with Crippen LogP contribution in [0.5, 0.6) is 0 Å². The lowest BCUT2D eigenvalue weighted by atomic mass is 10.4. The molecular weight excluding hydrogens is 136 g/mol. The maximum absolute atomic E-state index is 5.41. The Morgan fingerprint density at radius 1 is 1.44 bits per heavy atom. The third-order valence-corrected chi connectivity index (χ3v) is 1.29. The molecule has 1 heterocycles. The summed E-state index contributed by atoms with van der Waals surface area (Å²) in [7, 11) is 0. The molecule has 0 radical (unpaired) electrons. The number of thiocarbonyl (C=S) groups is 1. The quantitative estimate of drug-likeness (QED) is 0.267. The van der Waals surface area contributed by atoms with Crippen LogP contribution < -0.4 is 22.1 Å². The number of nitrogens with one attached hydrogen (secondary N) is 2. The first-order chi connectivity index (χ1) is 4.22. The SMILES string of the molecule is NC(=S)C(N)=C1NCN1. The van der Waals surface area contributed by atoms with E-state index in [1.165, 1.54) is 0 Å². The molecule has 4 nitrogen and oxygen atoms in total. The van der Waals surface area contributed by atoms with Gasteiger partial charge in [0.05, 0.1) is 6.67 Å². The minimum absolute atomic E-state index is 0.227. The van der Waals surface area contributed by atoms with E-state index in [9.17, 15) is 0 Å². The first kappa shape index (κ1) is 6.15. The largest absolute Gasteiger partial charge is 0.393 e. The average Bonchev–Trinajstić information content (AvgIpc) is 1.60. The van der Waals surface area contributed by atoms with Gasteiger partial charge in [-0.2, -0.15) is 0 Å². The van der Waals surface area contributed by atoms with Gasteiger partial charge in [0, 0.05) is 0 Å². The van der Waals surface area contributed by atoms with E-state index >= 15 is 0 Å². The van der Waals surface area contributed by atoms with E-state index in [2.05, 4.69) is 22.9 Å². The molecular formula is C4H8N4S. The standard InChI is InChI=1S/C4H8N4S/c5-2(3(6)9)4-7-1-8-4/h7-8H,1,5H2,(H2,6,9). The fourth-order valence-corrected chi connectivity index (χ4v) is 0.592. The molecule has 0 bridgehead atoms. The highest BCUT2D eigenvalue weighted by Crippen LogP contribution is 1.95. The molecule has 6 N–H and O–H groups in total. The highest BCUT2D eigenvalue weighted by Gasteiger charge is 2.10. The summed E-state index contributed by atoms with van der Waals surface area (Å²) in [5.74, 6) is 0.738. The van der Waals surface area contributed by atoms with Crippen LogP contribution in [0.1, 0.15) is 0 Å².